The lowest BCUT2D eigenvalue weighted by atomic mass is 9.90. The van der Waals surface area contributed by atoms with E-state index in [4.69, 9.17) is 5.73 Å². The van der Waals surface area contributed by atoms with E-state index < -0.39 is 0 Å². The van der Waals surface area contributed by atoms with Gasteiger partial charge in [0.2, 0.25) is 0 Å². The van der Waals surface area contributed by atoms with E-state index in [1.165, 1.54) is 16.7 Å². The molecular weight excluding hydrogens is 268 g/mol. The van der Waals surface area contributed by atoms with Crippen molar-refractivity contribution >= 4 is 11.8 Å². The standard InChI is InChI=1S/C20H26N2/c1-4-5-11-17(21)14-20(22-15(2)3)19-13-8-10-16-9-6-7-12-18(16)19/h6,8-10,13-14H,2,4-5,7,11-12,21H2,1,3H3. The van der Waals surface area contributed by atoms with Crippen LogP contribution in [0.4, 0.5) is 0 Å². The van der Waals surface area contributed by atoms with Crippen molar-refractivity contribution in [2.24, 2.45) is 10.7 Å². The number of nitrogens with zero attached hydrogens (tertiary/aromatic N) is 1. The van der Waals surface area contributed by atoms with E-state index in [9.17, 15) is 0 Å². The summed E-state index contributed by atoms with van der Waals surface area (Å²) in [7, 11) is 0. The molecular formula is C20H26N2. The van der Waals surface area contributed by atoms with Gasteiger partial charge in [-0.1, -0.05) is 50.3 Å². The van der Waals surface area contributed by atoms with Crippen LogP contribution in [0, 0.1) is 0 Å². The molecule has 0 fully saturated rings. The summed E-state index contributed by atoms with van der Waals surface area (Å²) >= 11 is 0. The Morgan fingerprint density at radius 1 is 1.41 bits per heavy atom. The van der Waals surface area contributed by atoms with Crippen LogP contribution in [0.25, 0.3) is 6.08 Å². The quantitative estimate of drug-likeness (QED) is 0.736. The topological polar surface area (TPSA) is 38.4 Å². The minimum absolute atomic E-state index is 0.804. The number of hydrogen-bond donors (Lipinski definition) is 1. The van der Waals surface area contributed by atoms with Crippen LogP contribution in [0.15, 0.2) is 53.3 Å². The minimum Gasteiger partial charge on any atom is -0.402 e. The van der Waals surface area contributed by atoms with Crippen molar-refractivity contribution in [3.05, 3.63) is 65.0 Å². The molecule has 1 aromatic rings. The number of unbranched alkanes of at least 4 members (excludes halogenated alkanes) is 1. The SMILES string of the molecule is C=C(C)N=C(C=C(N)CCCC)c1cccc2c1CCC=C2. The molecule has 1 aliphatic rings. The average Bonchev–Trinajstić information content (AvgIpc) is 2.51. The third-order valence-electron chi connectivity index (χ3n) is 3.80. The number of allylic oxidation sites excluding steroid dienone is 4. The summed E-state index contributed by atoms with van der Waals surface area (Å²) in [6, 6.07) is 6.40. The van der Waals surface area contributed by atoms with Crippen LogP contribution in [0.2, 0.25) is 0 Å². The molecule has 116 valence electrons. The molecule has 0 aliphatic heterocycles. The summed E-state index contributed by atoms with van der Waals surface area (Å²) in [6.45, 7) is 8.03. The fraction of sp³-hybridized carbons (Fsp3) is 0.350. The monoisotopic (exact) mass is 294 g/mol. The van der Waals surface area contributed by atoms with Crippen LogP contribution < -0.4 is 5.73 Å². The van der Waals surface area contributed by atoms with Gasteiger partial charge in [-0.2, -0.15) is 0 Å². The maximum atomic E-state index is 6.19. The summed E-state index contributed by atoms with van der Waals surface area (Å²) in [5.41, 5.74) is 12.7. The zero-order valence-electron chi connectivity index (χ0n) is 13.7. The van der Waals surface area contributed by atoms with E-state index in [-0.39, 0.29) is 0 Å². The Balaban J connectivity index is 2.43. The smallest absolute Gasteiger partial charge is 0.0724 e. The average molecular weight is 294 g/mol. The molecule has 0 saturated heterocycles. The highest BCUT2D eigenvalue weighted by molar-refractivity contribution is 6.11. The van der Waals surface area contributed by atoms with Gasteiger partial charge in [-0.05, 0) is 49.8 Å². The van der Waals surface area contributed by atoms with Crippen LogP contribution in [-0.2, 0) is 6.42 Å². The summed E-state index contributed by atoms with van der Waals surface area (Å²) < 4.78 is 0. The number of rotatable bonds is 6. The Morgan fingerprint density at radius 2 is 2.23 bits per heavy atom. The second-order valence-corrected chi connectivity index (χ2v) is 5.87. The van der Waals surface area contributed by atoms with Crippen molar-refractivity contribution in [1.82, 2.24) is 0 Å². The third-order valence-corrected chi connectivity index (χ3v) is 3.80. The minimum atomic E-state index is 0.804. The molecule has 1 aliphatic carbocycles. The van der Waals surface area contributed by atoms with E-state index in [0.29, 0.717) is 0 Å². The molecule has 2 nitrogen and oxygen atoms in total. The van der Waals surface area contributed by atoms with Gasteiger partial charge in [-0.25, -0.2) is 0 Å². The predicted molar refractivity (Wildman–Crippen MR) is 96.9 cm³/mol. The van der Waals surface area contributed by atoms with Gasteiger partial charge in [0.05, 0.1) is 5.71 Å². The summed E-state index contributed by atoms with van der Waals surface area (Å²) in [4.78, 5) is 4.65. The van der Waals surface area contributed by atoms with Gasteiger partial charge < -0.3 is 5.73 Å². The lowest BCUT2D eigenvalue weighted by Gasteiger charge is -2.16. The number of hydrogen-bond acceptors (Lipinski definition) is 2. The summed E-state index contributed by atoms with van der Waals surface area (Å²) in [5.74, 6) is 0. The molecule has 1 aromatic carbocycles. The molecule has 0 spiro atoms. The van der Waals surface area contributed by atoms with Crippen LogP contribution in [0.1, 0.15) is 56.2 Å². The maximum absolute atomic E-state index is 6.19. The zero-order valence-corrected chi connectivity index (χ0v) is 13.7. The molecule has 0 unspecified atom stereocenters. The first-order chi connectivity index (χ1) is 10.6. The Morgan fingerprint density at radius 3 is 2.95 bits per heavy atom. The Hall–Kier alpha value is -2.09. The van der Waals surface area contributed by atoms with Crippen molar-refractivity contribution in [3.63, 3.8) is 0 Å². The van der Waals surface area contributed by atoms with Gasteiger partial charge in [-0.15, -0.1) is 0 Å². The Labute approximate surface area is 134 Å². The van der Waals surface area contributed by atoms with E-state index in [2.05, 4.69) is 48.8 Å². The van der Waals surface area contributed by atoms with E-state index in [1.54, 1.807) is 0 Å². The Bertz CT molecular complexity index is 633. The Kier molecular flexibility index (Phi) is 5.76. The molecule has 0 amide bonds. The predicted octanol–water partition coefficient (Wildman–Crippen LogP) is 5.00. The second-order valence-electron chi connectivity index (χ2n) is 5.87. The van der Waals surface area contributed by atoms with E-state index in [1.807, 2.05) is 13.0 Å². The molecule has 0 atom stereocenters. The van der Waals surface area contributed by atoms with Crippen molar-refractivity contribution in [2.75, 3.05) is 0 Å². The third kappa shape index (κ3) is 4.20. The molecule has 0 saturated carbocycles. The van der Waals surface area contributed by atoms with Crippen LogP contribution in [-0.4, -0.2) is 5.71 Å². The van der Waals surface area contributed by atoms with Crippen LogP contribution >= 0.6 is 0 Å². The molecule has 2 N–H and O–H groups in total. The molecule has 0 heterocycles. The maximum Gasteiger partial charge on any atom is 0.0724 e. The first-order valence-corrected chi connectivity index (χ1v) is 8.11. The molecule has 22 heavy (non-hydrogen) atoms. The van der Waals surface area contributed by atoms with Gasteiger partial charge in [0, 0.05) is 17.0 Å². The van der Waals surface area contributed by atoms with Gasteiger partial charge in [-0.3, -0.25) is 4.99 Å². The van der Waals surface area contributed by atoms with Gasteiger partial charge >= 0.3 is 0 Å². The first-order valence-electron chi connectivity index (χ1n) is 8.11. The molecule has 2 rings (SSSR count). The van der Waals surface area contributed by atoms with Gasteiger partial charge in [0.15, 0.2) is 0 Å². The number of fused-ring (bicyclic) bond motifs is 1. The summed E-state index contributed by atoms with van der Waals surface area (Å²) in [5, 5.41) is 0. The summed E-state index contributed by atoms with van der Waals surface area (Å²) in [6.07, 6.45) is 11.8. The highest BCUT2D eigenvalue weighted by atomic mass is 14.7. The lowest BCUT2D eigenvalue weighted by Crippen LogP contribution is -2.09. The van der Waals surface area contributed by atoms with Crippen molar-refractivity contribution < 1.29 is 0 Å². The van der Waals surface area contributed by atoms with Crippen LogP contribution in [0.5, 0.6) is 0 Å². The van der Waals surface area contributed by atoms with Gasteiger partial charge in [0.1, 0.15) is 0 Å². The van der Waals surface area contributed by atoms with Crippen LogP contribution in [0.3, 0.4) is 0 Å². The number of nitrogens with two attached hydrogens (primary N) is 1. The van der Waals surface area contributed by atoms with Gasteiger partial charge in [0.25, 0.3) is 0 Å². The highest BCUT2D eigenvalue weighted by Gasteiger charge is 2.13. The van der Waals surface area contributed by atoms with E-state index >= 15 is 0 Å². The highest BCUT2D eigenvalue weighted by Crippen LogP contribution is 2.24. The zero-order chi connectivity index (χ0) is 15.9. The lowest BCUT2D eigenvalue weighted by molar-refractivity contribution is 0.782. The van der Waals surface area contributed by atoms with Crippen molar-refractivity contribution in [3.8, 4) is 0 Å². The van der Waals surface area contributed by atoms with Crippen molar-refractivity contribution in [1.29, 1.82) is 0 Å². The molecule has 0 aromatic heterocycles. The van der Waals surface area contributed by atoms with Crippen molar-refractivity contribution in [2.45, 2.75) is 46.0 Å². The molecule has 0 radical (unpaired) electrons. The normalized spacial score (nSPS) is 14.8. The second kappa shape index (κ2) is 7.79. The molecule has 0 bridgehead atoms. The fourth-order valence-electron chi connectivity index (χ4n) is 2.72. The largest absolute Gasteiger partial charge is 0.402 e. The first kappa shape index (κ1) is 16.3. The molecule has 2 heteroatoms. The fourth-order valence-corrected chi connectivity index (χ4v) is 2.72. The number of aliphatic imine (C=N–C) groups is 1. The van der Waals surface area contributed by atoms with E-state index in [0.717, 1.165) is 49.2 Å². The number of benzene rings is 1.